The van der Waals surface area contributed by atoms with Crippen molar-refractivity contribution in [3.05, 3.63) is 36.5 Å². The van der Waals surface area contributed by atoms with Crippen molar-refractivity contribution in [3.8, 4) is 6.07 Å². The standard InChI is InChI=1S/C13H13F3N4O/c1-2-7-20(8-3-5-17)12(21)19-11-9-10(4-6-18-11)13(14,15)16/h2,4,6,9H,1,3,7-8H2,(H,18,19,21). The molecule has 1 aromatic heterocycles. The summed E-state index contributed by atoms with van der Waals surface area (Å²) >= 11 is 0. The van der Waals surface area contributed by atoms with E-state index in [2.05, 4.69) is 16.9 Å². The average Bonchev–Trinajstić information content (AvgIpc) is 2.42. The van der Waals surface area contributed by atoms with E-state index in [1.54, 1.807) is 0 Å². The first-order valence-corrected chi connectivity index (χ1v) is 5.95. The van der Waals surface area contributed by atoms with Crippen molar-refractivity contribution in [1.29, 1.82) is 5.26 Å². The van der Waals surface area contributed by atoms with Crippen LogP contribution in [0.15, 0.2) is 31.0 Å². The highest BCUT2D eigenvalue weighted by molar-refractivity contribution is 5.88. The van der Waals surface area contributed by atoms with Crippen LogP contribution < -0.4 is 5.32 Å². The van der Waals surface area contributed by atoms with Gasteiger partial charge in [0.15, 0.2) is 0 Å². The smallest absolute Gasteiger partial charge is 0.320 e. The second-order valence-electron chi connectivity index (χ2n) is 4.00. The molecule has 1 heterocycles. The van der Waals surface area contributed by atoms with Crippen LogP contribution in [-0.4, -0.2) is 29.0 Å². The maximum atomic E-state index is 12.6. The number of aromatic nitrogens is 1. The van der Waals surface area contributed by atoms with Gasteiger partial charge in [0.1, 0.15) is 5.82 Å². The Morgan fingerprint density at radius 3 is 2.86 bits per heavy atom. The van der Waals surface area contributed by atoms with E-state index in [-0.39, 0.29) is 25.3 Å². The molecule has 8 heteroatoms. The normalized spacial score (nSPS) is 10.6. The summed E-state index contributed by atoms with van der Waals surface area (Å²) in [5, 5.41) is 10.8. The fourth-order valence-electron chi connectivity index (χ4n) is 1.48. The predicted molar refractivity (Wildman–Crippen MR) is 70.3 cm³/mol. The van der Waals surface area contributed by atoms with Crippen LogP contribution in [0.25, 0.3) is 0 Å². The summed E-state index contributed by atoms with van der Waals surface area (Å²) in [5.74, 6) is -0.208. The molecular formula is C13H13F3N4O. The van der Waals surface area contributed by atoms with Crippen molar-refractivity contribution in [1.82, 2.24) is 9.88 Å². The molecule has 2 amide bonds. The summed E-state index contributed by atoms with van der Waals surface area (Å²) in [6.07, 6.45) is -1.98. The van der Waals surface area contributed by atoms with Crippen LogP contribution in [0.1, 0.15) is 12.0 Å². The number of hydrogen-bond donors (Lipinski definition) is 1. The largest absolute Gasteiger partial charge is 0.416 e. The van der Waals surface area contributed by atoms with Gasteiger partial charge in [0.2, 0.25) is 0 Å². The lowest BCUT2D eigenvalue weighted by Gasteiger charge is -2.20. The van der Waals surface area contributed by atoms with Gasteiger partial charge in [0.25, 0.3) is 0 Å². The molecule has 1 N–H and O–H groups in total. The second-order valence-corrected chi connectivity index (χ2v) is 4.00. The number of amides is 2. The minimum absolute atomic E-state index is 0.108. The van der Waals surface area contributed by atoms with E-state index < -0.39 is 17.8 Å². The minimum atomic E-state index is -4.51. The molecule has 0 unspecified atom stereocenters. The van der Waals surface area contributed by atoms with Gasteiger partial charge in [-0.2, -0.15) is 18.4 Å². The number of halogens is 3. The molecule has 112 valence electrons. The van der Waals surface area contributed by atoms with Crippen molar-refractivity contribution >= 4 is 11.8 Å². The van der Waals surface area contributed by atoms with Crippen molar-refractivity contribution in [3.63, 3.8) is 0 Å². The maximum absolute atomic E-state index is 12.6. The lowest BCUT2D eigenvalue weighted by molar-refractivity contribution is -0.137. The van der Waals surface area contributed by atoms with Gasteiger partial charge < -0.3 is 4.90 Å². The van der Waals surface area contributed by atoms with E-state index in [9.17, 15) is 18.0 Å². The Morgan fingerprint density at radius 2 is 2.29 bits per heavy atom. The van der Waals surface area contributed by atoms with E-state index >= 15 is 0 Å². The highest BCUT2D eigenvalue weighted by Gasteiger charge is 2.31. The molecule has 5 nitrogen and oxygen atoms in total. The molecule has 0 saturated carbocycles. The zero-order valence-electron chi connectivity index (χ0n) is 11.0. The Kier molecular flexibility index (Phi) is 5.72. The summed E-state index contributed by atoms with van der Waals surface area (Å²) in [7, 11) is 0. The molecule has 0 atom stereocenters. The minimum Gasteiger partial charge on any atom is -0.320 e. The van der Waals surface area contributed by atoms with Crippen molar-refractivity contribution in [2.24, 2.45) is 0 Å². The van der Waals surface area contributed by atoms with Crippen molar-refractivity contribution in [2.75, 3.05) is 18.4 Å². The summed E-state index contributed by atoms with van der Waals surface area (Å²) in [4.78, 5) is 16.8. The number of rotatable bonds is 5. The van der Waals surface area contributed by atoms with Gasteiger partial charge in [-0.3, -0.25) is 5.32 Å². The van der Waals surface area contributed by atoms with E-state index in [0.717, 1.165) is 18.3 Å². The van der Waals surface area contributed by atoms with E-state index in [4.69, 9.17) is 5.26 Å². The van der Waals surface area contributed by atoms with Crippen molar-refractivity contribution < 1.29 is 18.0 Å². The predicted octanol–water partition coefficient (Wildman–Crippen LogP) is 3.03. The number of alkyl halides is 3. The highest BCUT2D eigenvalue weighted by atomic mass is 19.4. The Morgan fingerprint density at radius 1 is 1.57 bits per heavy atom. The van der Waals surface area contributed by atoms with Crippen LogP contribution in [0.2, 0.25) is 0 Å². The first-order valence-electron chi connectivity index (χ1n) is 5.95. The molecule has 21 heavy (non-hydrogen) atoms. The summed E-state index contributed by atoms with van der Waals surface area (Å²) in [6.45, 7) is 3.79. The Labute approximate surface area is 119 Å². The number of pyridine rings is 1. The Balaban J connectivity index is 2.81. The number of nitrogens with one attached hydrogen (secondary N) is 1. The summed E-state index contributed by atoms with van der Waals surface area (Å²) in [6, 6.07) is 2.80. The van der Waals surface area contributed by atoms with Crippen molar-refractivity contribution in [2.45, 2.75) is 12.6 Å². The monoisotopic (exact) mass is 298 g/mol. The van der Waals surface area contributed by atoms with Gasteiger partial charge in [0, 0.05) is 19.3 Å². The van der Waals surface area contributed by atoms with Gasteiger partial charge in [-0.05, 0) is 12.1 Å². The molecule has 0 saturated heterocycles. The molecule has 0 aliphatic carbocycles. The number of nitriles is 1. The van der Waals surface area contributed by atoms with Crippen LogP contribution in [0, 0.1) is 11.3 Å². The van der Waals surface area contributed by atoms with Gasteiger partial charge in [-0.25, -0.2) is 9.78 Å². The number of urea groups is 1. The number of nitrogens with zero attached hydrogens (tertiary/aromatic N) is 3. The highest BCUT2D eigenvalue weighted by Crippen LogP contribution is 2.29. The molecule has 0 spiro atoms. The number of carbonyl (C=O) groups excluding carboxylic acids is 1. The molecular weight excluding hydrogens is 285 g/mol. The lowest BCUT2D eigenvalue weighted by atomic mass is 10.2. The molecule has 0 aliphatic heterocycles. The lowest BCUT2D eigenvalue weighted by Crippen LogP contribution is -2.36. The fourth-order valence-corrected chi connectivity index (χ4v) is 1.48. The summed E-state index contributed by atoms with van der Waals surface area (Å²) < 4.78 is 37.7. The third kappa shape index (κ3) is 5.14. The molecule has 0 bridgehead atoms. The van der Waals surface area contributed by atoms with Crippen LogP contribution >= 0.6 is 0 Å². The summed E-state index contributed by atoms with van der Waals surface area (Å²) in [5.41, 5.74) is -0.903. The number of carbonyl (C=O) groups is 1. The van der Waals surface area contributed by atoms with Gasteiger partial charge in [0.05, 0.1) is 18.1 Å². The first kappa shape index (κ1) is 16.5. The molecule has 0 aliphatic rings. The Bertz CT molecular complexity index is 551. The third-order valence-electron chi connectivity index (χ3n) is 2.45. The van der Waals surface area contributed by atoms with Crippen LogP contribution in [-0.2, 0) is 6.18 Å². The topological polar surface area (TPSA) is 69.0 Å². The first-order chi connectivity index (χ1) is 9.88. The molecule has 0 aromatic carbocycles. The van der Waals surface area contributed by atoms with Gasteiger partial charge >= 0.3 is 12.2 Å². The average molecular weight is 298 g/mol. The van der Waals surface area contributed by atoms with Crippen LogP contribution in [0.3, 0.4) is 0 Å². The van der Waals surface area contributed by atoms with Gasteiger partial charge in [-0.1, -0.05) is 6.08 Å². The molecule has 0 radical (unpaired) electrons. The van der Waals surface area contributed by atoms with Gasteiger partial charge in [-0.15, -0.1) is 6.58 Å². The van der Waals surface area contributed by atoms with E-state index in [1.165, 1.54) is 11.0 Å². The third-order valence-corrected chi connectivity index (χ3v) is 2.45. The Hall–Kier alpha value is -2.56. The molecule has 1 aromatic rings. The van der Waals surface area contributed by atoms with E-state index in [0.29, 0.717) is 0 Å². The molecule has 1 rings (SSSR count). The molecule has 0 fully saturated rings. The van der Waals surface area contributed by atoms with E-state index in [1.807, 2.05) is 6.07 Å². The number of hydrogen-bond acceptors (Lipinski definition) is 3. The fraction of sp³-hybridized carbons (Fsp3) is 0.308. The SMILES string of the molecule is C=CCN(CCC#N)C(=O)Nc1cc(C(F)(F)F)ccn1. The quantitative estimate of drug-likeness (QED) is 0.849. The maximum Gasteiger partial charge on any atom is 0.416 e. The van der Waals surface area contributed by atoms with Crippen LogP contribution in [0.5, 0.6) is 0 Å². The number of anilines is 1. The zero-order chi connectivity index (χ0) is 15.9. The zero-order valence-corrected chi connectivity index (χ0v) is 11.0. The second kappa shape index (κ2) is 7.28. The van der Waals surface area contributed by atoms with Crippen LogP contribution in [0.4, 0.5) is 23.8 Å².